The van der Waals surface area contributed by atoms with E-state index >= 15 is 0 Å². The largest absolute Gasteiger partial charge is 0.363 e. The van der Waals surface area contributed by atoms with Gasteiger partial charge in [-0.05, 0) is 73.8 Å². The third kappa shape index (κ3) is 4.58. The summed E-state index contributed by atoms with van der Waals surface area (Å²) < 4.78 is 0. The van der Waals surface area contributed by atoms with Crippen LogP contribution in [0.1, 0.15) is 21.5 Å². The van der Waals surface area contributed by atoms with Gasteiger partial charge in [0.05, 0.1) is 17.9 Å². The van der Waals surface area contributed by atoms with Gasteiger partial charge in [0.15, 0.2) is 5.78 Å². The lowest BCUT2D eigenvalue weighted by molar-refractivity contribution is 0.0958. The van der Waals surface area contributed by atoms with Crippen molar-refractivity contribution in [3.05, 3.63) is 89.5 Å². The number of Topliss-reactive ketones (excluding diaryl/α,β-unsaturated/α-hetero) is 1. The highest BCUT2D eigenvalue weighted by Gasteiger charge is 2.18. The maximum atomic E-state index is 12.1. The fraction of sp³-hybridized carbons (Fsp3) is 0.208. The lowest BCUT2D eigenvalue weighted by atomic mass is 10.1. The fourth-order valence-electron chi connectivity index (χ4n) is 3.45. The minimum atomic E-state index is 0.0955. The lowest BCUT2D eigenvalue weighted by Gasteiger charge is -2.17. The van der Waals surface area contributed by atoms with Crippen molar-refractivity contribution in [3.63, 3.8) is 0 Å². The Morgan fingerprint density at radius 3 is 1.86 bits per heavy atom. The van der Waals surface area contributed by atoms with Crippen molar-refractivity contribution in [2.24, 2.45) is 10.2 Å². The van der Waals surface area contributed by atoms with Gasteiger partial charge in [0.1, 0.15) is 0 Å². The number of nitrogens with zero attached hydrogens (tertiary/aromatic N) is 4. The number of carbonyl (C=O) groups excluding carboxylic acids is 1. The SMILES string of the molecule is CN(C)CC(=O)c1ccc(N=Nc2ccc(N3Cc4ccccc4C3)cc2)cc1. The van der Waals surface area contributed by atoms with Crippen molar-refractivity contribution in [2.45, 2.75) is 13.1 Å². The van der Waals surface area contributed by atoms with E-state index in [-0.39, 0.29) is 5.78 Å². The molecular weight excluding hydrogens is 360 g/mol. The molecule has 0 unspecified atom stereocenters. The number of carbonyl (C=O) groups is 1. The van der Waals surface area contributed by atoms with Crippen molar-refractivity contribution in [1.82, 2.24) is 4.90 Å². The summed E-state index contributed by atoms with van der Waals surface area (Å²) in [5.74, 6) is 0.0955. The normalized spacial score (nSPS) is 13.3. The summed E-state index contributed by atoms with van der Waals surface area (Å²) in [4.78, 5) is 16.3. The molecule has 5 heteroatoms. The van der Waals surface area contributed by atoms with E-state index in [0.29, 0.717) is 12.1 Å². The van der Waals surface area contributed by atoms with Gasteiger partial charge in [-0.2, -0.15) is 10.2 Å². The molecule has 1 heterocycles. The molecular formula is C24H24N4O. The third-order valence-corrected chi connectivity index (χ3v) is 4.99. The Morgan fingerprint density at radius 2 is 1.34 bits per heavy atom. The van der Waals surface area contributed by atoms with Crippen LogP contribution in [0.3, 0.4) is 0 Å². The van der Waals surface area contributed by atoms with Crippen molar-refractivity contribution in [2.75, 3.05) is 25.5 Å². The van der Waals surface area contributed by atoms with E-state index in [1.807, 2.05) is 43.3 Å². The first-order valence-electron chi connectivity index (χ1n) is 9.70. The minimum absolute atomic E-state index is 0.0955. The number of azo groups is 1. The Kier molecular flexibility index (Phi) is 5.49. The maximum absolute atomic E-state index is 12.1. The van der Waals surface area contributed by atoms with Crippen molar-refractivity contribution < 1.29 is 4.79 Å². The molecule has 1 aliphatic rings. The molecule has 1 aliphatic heterocycles. The van der Waals surface area contributed by atoms with Crippen LogP contribution in [-0.4, -0.2) is 31.3 Å². The Labute approximate surface area is 171 Å². The monoisotopic (exact) mass is 384 g/mol. The van der Waals surface area contributed by atoms with Gasteiger partial charge < -0.3 is 9.80 Å². The number of likely N-dealkylation sites (N-methyl/N-ethyl adjacent to an activating group) is 1. The molecule has 5 nitrogen and oxygen atoms in total. The number of benzene rings is 3. The predicted octanol–water partition coefficient (Wildman–Crippen LogP) is 5.37. The van der Waals surface area contributed by atoms with Crippen LogP contribution in [-0.2, 0) is 13.1 Å². The molecule has 0 spiro atoms. The summed E-state index contributed by atoms with van der Waals surface area (Å²) in [6, 6.07) is 24.0. The van der Waals surface area contributed by atoms with E-state index in [9.17, 15) is 4.79 Å². The average Bonchev–Trinajstić information content (AvgIpc) is 3.17. The van der Waals surface area contributed by atoms with Crippen LogP contribution in [0.2, 0.25) is 0 Å². The van der Waals surface area contributed by atoms with Crippen LogP contribution in [0, 0.1) is 0 Å². The molecule has 4 rings (SSSR count). The molecule has 3 aromatic carbocycles. The summed E-state index contributed by atoms with van der Waals surface area (Å²) in [6.07, 6.45) is 0. The van der Waals surface area contributed by atoms with E-state index in [1.54, 1.807) is 12.1 Å². The Hall–Kier alpha value is -3.31. The van der Waals surface area contributed by atoms with Gasteiger partial charge in [-0.15, -0.1) is 0 Å². The van der Waals surface area contributed by atoms with Crippen LogP contribution in [0.25, 0.3) is 0 Å². The molecule has 0 N–H and O–H groups in total. The molecule has 3 aromatic rings. The fourth-order valence-corrected chi connectivity index (χ4v) is 3.45. The molecule has 0 radical (unpaired) electrons. The predicted molar refractivity (Wildman–Crippen MR) is 116 cm³/mol. The number of hydrogen-bond acceptors (Lipinski definition) is 5. The Balaban J connectivity index is 1.39. The first-order chi connectivity index (χ1) is 14.1. The van der Waals surface area contributed by atoms with Crippen LogP contribution in [0.15, 0.2) is 83.0 Å². The molecule has 0 amide bonds. The molecule has 0 atom stereocenters. The van der Waals surface area contributed by atoms with Crippen LogP contribution < -0.4 is 4.90 Å². The number of fused-ring (bicyclic) bond motifs is 1. The highest BCUT2D eigenvalue weighted by Crippen LogP contribution is 2.29. The summed E-state index contributed by atoms with van der Waals surface area (Å²) in [5.41, 5.74) is 6.19. The molecule has 0 saturated heterocycles. The van der Waals surface area contributed by atoms with Crippen molar-refractivity contribution in [1.29, 1.82) is 0 Å². The first-order valence-corrected chi connectivity index (χ1v) is 9.70. The van der Waals surface area contributed by atoms with Gasteiger partial charge in [-0.1, -0.05) is 24.3 Å². The van der Waals surface area contributed by atoms with E-state index in [1.165, 1.54) is 16.8 Å². The summed E-state index contributed by atoms with van der Waals surface area (Å²) in [5, 5.41) is 8.61. The number of ketones is 1. The second kappa shape index (κ2) is 8.37. The summed E-state index contributed by atoms with van der Waals surface area (Å²) >= 11 is 0. The van der Waals surface area contributed by atoms with Gasteiger partial charge in [-0.3, -0.25) is 4.79 Å². The highest BCUT2D eigenvalue weighted by molar-refractivity contribution is 5.97. The second-order valence-corrected chi connectivity index (χ2v) is 7.55. The highest BCUT2D eigenvalue weighted by atomic mass is 16.1. The van der Waals surface area contributed by atoms with E-state index in [0.717, 1.165) is 24.5 Å². The second-order valence-electron chi connectivity index (χ2n) is 7.55. The van der Waals surface area contributed by atoms with Crippen LogP contribution in [0.5, 0.6) is 0 Å². The minimum Gasteiger partial charge on any atom is -0.363 e. The maximum Gasteiger partial charge on any atom is 0.176 e. The average molecular weight is 384 g/mol. The molecule has 0 saturated carbocycles. The van der Waals surface area contributed by atoms with Gasteiger partial charge in [0.25, 0.3) is 0 Å². The van der Waals surface area contributed by atoms with Crippen LogP contribution >= 0.6 is 0 Å². The Morgan fingerprint density at radius 1 is 0.828 bits per heavy atom. The summed E-state index contributed by atoms with van der Waals surface area (Å²) in [6.45, 7) is 2.28. The Bertz CT molecular complexity index is 999. The molecule has 0 bridgehead atoms. The lowest BCUT2D eigenvalue weighted by Crippen LogP contribution is -2.21. The quantitative estimate of drug-likeness (QED) is 0.424. The van der Waals surface area contributed by atoms with Gasteiger partial charge in [-0.25, -0.2) is 0 Å². The molecule has 0 aliphatic carbocycles. The smallest absolute Gasteiger partial charge is 0.176 e. The molecule has 0 fully saturated rings. The zero-order valence-corrected chi connectivity index (χ0v) is 16.7. The van der Waals surface area contributed by atoms with E-state index in [4.69, 9.17) is 0 Å². The van der Waals surface area contributed by atoms with E-state index in [2.05, 4.69) is 51.5 Å². The number of hydrogen-bond donors (Lipinski definition) is 0. The first kappa shape index (κ1) is 19.0. The molecule has 0 aromatic heterocycles. The van der Waals surface area contributed by atoms with Gasteiger partial charge >= 0.3 is 0 Å². The topological polar surface area (TPSA) is 48.3 Å². The van der Waals surface area contributed by atoms with Crippen molar-refractivity contribution in [3.8, 4) is 0 Å². The summed E-state index contributed by atoms with van der Waals surface area (Å²) in [7, 11) is 3.77. The number of rotatable bonds is 6. The third-order valence-electron chi connectivity index (χ3n) is 4.99. The van der Waals surface area contributed by atoms with Gasteiger partial charge in [0.2, 0.25) is 0 Å². The van der Waals surface area contributed by atoms with Crippen LogP contribution in [0.4, 0.5) is 17.1 Å². The van der Waals surface area contributed by atoms with Crippen molar-refractivity contribution >= 4 is 22.8 Å². The zero-order chi connectivity index (χ0) is 20.2. The molecule has 146 valence electrons. The standard InChI is InChI=1S/C24H24N4O/c1-27(2)17-24(29)18-7-9-21(10-8-18)25-26-22-11-13-23(14-12-22)28-15-19-5-3-4-6-20(19)16-28/h3-14H,15-17H2,1-2H3. The number of anilines is 1. The zero-order valence-electron chi connectivity index (χ0n) is 16.7. The van der Waals surface area contributed by atoms with Gasteiger partial charge in [0, 0.05) is 24.3 Å². The molecule has 29 heavy (non-hydrogen) atoms. The van der Waals surface area contributed by atoms with E-state index < -0.39 is 0 Å².